The number of nitrogens with one attached hydrogen (secondary N) is 1. The number of phenols is 1. The third kappa shape index (κ3) is 0.738. The average Bonchev–Trinajstić information content (AvgIpc) is 2.51. The molecule has 0 bridgehead atoms. The molecule has 0 saturated heterocycles. The standard InChI is InChI=1S/C11H7NO2/c13-8-5-4-6-2-1-3-7-9(6)10(8)11(14)12-7/h1-5,13H,(H,12,14). The highest BCUT2D eigenvalue weighted by atomic mass is 16.3. The predicted molar refractivity (Wildman–Crippen MR) is 53.6 cm³/mol. The fourth-order valence-electron chi connectivity index (χ4n) is 1.89. The summed E-state index contributed by atoms with van der Waals surface area (Å²) in [4.78, 5) is 11.5. The molecule has 3 rings (SSSR count). The normalized spacial score (nSPS) is 13.3. The maximum absolute atomic E-state index is 11.5. The molecule has 0 aliphatic carbocycles. The van der Waals surface area contributed by atoms with Crippen LogP contribution >= 0.6 is 0 Å². The monoisotopic (exact) mass is 185 g/mol. The Balaban J connectivity index is 2.59. The number of phenolic OH excluding ortho intramolecular Hbond substituents is 1. The van der Waals surface area contributed by atoms with Gasteiger partial charge in [0.05, 0.1) is 5.56 Å². The highest BCUT2D eigenvalue weighted by Crippen LogP contribution is 2.37. The summed E-state index contributed by atoms with van der Waals surface area (Å²) in [5, 5.41) is 14.0. The van der Waals surface area contributed by atoms with E-state index in [1.54, 1.807) is 12.1 Å². The van der Waals surface area contributed by atoms with Crippen molar-refractivity contribution in [1.29, 1.82) is 0 Å². The largest absolute Gasteiger partial charge is 0.507 e. The van der Waals surface area contributed by atoms with E-state index in [1.165, 1.54) is 0 Å². The minimum absolute atomic E-state index is 0.0416. The molecule has 0 atom stereocenters. The van der Waals surface area contributed by atoms with Crippen LogP contribution in [0.4, 0.5) is 5.69 Å². The molecule has 2 aromatic rings. The van der Waals surface area contributed by atoms with Gasteiger partial charge >= 0.3 is 0 Å². The summed E-state index contributed by atoms with van der Waals surface area (Å²) in [6, 6.07) is 8.98. The van der Waals surface area contributed by atoms with Crippen LogP contribution < -0.4 is 5.32 Å². The van der Waals surface area contributed by atoms with Crippen molar-refractivity contribution in [3.63, 3.8) is 0 Å². The zero-order chi connectivity index (χ0) is 9.71. The van der Waals surface area contributed by atoms with Crippen molar-refractivity contribution < 1.29 is 9.90 Å². The summed E-state index contributed by atoms with van der Waals surface area (Å²) < 4.78 is 0. The lowest BCUT2D eigenvalue weighted by Gasteiger charge is -2.00. The van der Waals surface area contributed by atoms with Crippen molar-refractivity contribution >= 4 is 22.4 Å². The molecule has 3 nitrogen and oxygen atoms in total. The Bertz CT molecular complexity index is 560. The third-order valence-corrected chi connectivity index (χ3v) is 2.50. The number of rotatable bonds is 0. The van der Waals surface area contributed by atoms with Crippen LogP contribution in [0.15, 0.2) is 30.3 Å². The topological polar surface area (TPSA) is 49.3 Å². The summed E-state index contributed by atoms with van der Waals surface area (Å²) in [6.45, 7) is 0. The lowest BCUT2D eigenvalue weighted by atomic mass is 10.0. The molecule has 0 spiro atoms. The third-order valence-electron chi connectivity index (χ3n) is 2.50. The van der Waals surface area contributed by atoms with E-state index in [0.29, 0.717) is 5.56 Å². The van der Waals surface area contributed by atoms with Crippen LogP contribution in [0, 0.1) is 0 Å². The molecule has 68 valence electrons. The van der Waals surface area contributed by atoms with Gasteiger partial charge in [-0.3, -0.25) is 4.79 Å². The molecule has 0 saturated carbocycles. The first-order valence-electron chi connectivity index (χ1n) is 4.33. The second-order valence-electron chi connectivity index (χ2n) is 3.32. The van der Waals surface area contributed by atoms with Crippen molar-refractivity contribution in [2.24, 2.45) is 0 Å². The summed E-state index contributed by atoms with van der Waals surface area (Å²) in [7, 11) is 0. The fraction of sp³-hybridized carbons (Fsp3) is 0. The van der Waals surface area contributed by atoms with Crippen LogP contribution in [0.5, 0.6) is 5.75 Å². The van der Waals surface area contributed by atoms with Gasteiger partial charge in [-0.05, 0) is 17.5 Å². The van der Waals surface area contributed by atoms with Crippen LogP contribution in [0.25, 0.3) is 10.8 Å². The second-order valence-corrected chi connectivity index (χ2v) is 3.32. The Labute approximate surface area is 80.0 Å². The molecule has 2 aromatic carbocycles. The predicted octanol–water partition coefficient (Wildman–Crippen LogP) is 2.11. The summed E-state index contributed by atoms with van der Waals surface area (Å²) in [5.41, 5.74) is 1.16. The van der Waals surface area contributed by atoms with Gasteiger partial charge in [-0.25, -0.2) is 0 Å². The molecule has 1 aliphatic heterocycles. The van der Waals surface area contributed by atoms with Crippen LogP contribution in [0.3, 0.4) is 0 Å². The Morgan fingerprint density at radius 2 is 2.00 bits per heavy atom. The second kappa shape index (κ2) is 2.26. The lowest BCUT2D eigenvalue weighted by Crippen LogP contribution is -2.04. The van der Waals surface area contributed by atoms with Gasteiger partial charge < -0.3 is 10.4 Å². The van der Waals surface area contributed by atoms with Crippen molar-refractivity contribution in [3.8, 4) is 5.75 Å². The Morgan fingerprint density at radius 3 is 2.86 bits per heavy atom. The summed E-state index contributed by atoms with van der Waals surface area (Å²) in [5.74, 6) is -0.186. The van der Waals surface area contributed by atoms with Gasteiger partial charge in [0.15, 0.2) is 0 Å². The minimum atomic E-state index is -0.227. The van der Waals surface area contributed by atoms with Crippen LogP contribution in [-0.4, -0.2) is 11.0 Å². The zero-order valence-corrected chi connectivity index (χ0v) is 7.24. The van der Waals surface area contributed by atoms with E-state index in [-0.39, 0.29) is 11.7 Å². The molecule has 1 amide bonds. The molecule has 1 heterocycles. The molecule has 0 unspecified atom stereocenters. The SMILES string of the molecule is O=C1Nc2cccc3ccc(O)c1c23. The van der Waals surface area contributed by atoms with E-state index in [9.17, 15) is 9.90 Å². The Kier molecular flexibility index (Phi) is 1.19. The number of carbonyl (C=O) groups excluding carboxylic acids is 1. The first-order valence-corrected chi connectivity index (χ1v) is 4.33. The molecule has 0 aromatic heterocycles. The summed E-state index contributed by atoms with van der Waals surface area (Å²) in [6.07, 6.45) is 0. The molecule has 0 radical (unpaired) electrons. The van der Waals surface area contributed by atoms with E-state index >= 15 is 0 Å². The average molecular weight is 185 g/mol. The van der Waals surface area contributed by atoms with Crippen molar-refractivity contribution in [1.82, 2.24) is 0 Å². The van der Waals surface area contributed by atoms with E-state index in [2.05, 4.69) is 5.32 Å². The molecule has 1 aliphatic rings. The molecule has 14 heavy (non-hydrogen) atoms. The van der Waals surface area contributed by atoms with E-state index in [4.69, 9.17) is 0 Å². The van der Waals surface area contributed by atoms with Gasteiger partial charge in [0.25, 0.3) is 5.91 Å². The highest BCUT2D eigenvalue weighted by molar-refractivity contribution is 6.25. The highest BCUT2D eigenvalue weighted by Gasteiger charge is 2.24. The molecule has 2 N–H and O–H groups in total. The van der Waals surface area contributed by atoms with Gasteiger partial charge in [-0.15, -0.1) is 0 Å². The number of anilines is 1. The quantitative estimate of drug-likeness (QED) is 0.660. The number of aromatic hydroxyl groups is 1. The minimum Gasteiger partial charge on any atom is -0.507 e. The van der Waals surface area contributed by atoms with Crippen molar-refractivity contribution in [2.75, 3.05) is 5.32 Å². The van der Waals surface area contributed by atoms with Gasteiger partial charge in [0, 0.05) is 11.1 Å². The lowest BCUT2D eigenvalue weighted by molar-refractivity contribution is 0.102. The van der Waals surface area contributed by atoms with Gasteiger partial charge in [0.1, 0.15) is 5.75 Å². The van der Waals surface area contributed by atoms with E-state index in [1.807, 2.05) is 18.2 Å². The van der Waals surface area contributed by atoms with Crippen molar-refractivity contribution in [2.45, 2.75) is 0 Å². The van der Waals surface area contributed by atoms with Gasteiger partial charge in [-0.1, -0.05) is 18.2 Å². The van der Waals surface area contributed by atoms with Crippen LogP contribution in [0.1, 0.15) is 10.4 Å². The first-order chi connectivity index (χ1) is 6.77. The number of amides is 1. The van der Waals surface area contributed by atoms with E-state index < -0.39 is 0 Å². The Hall–Kier alpha value is -2.03. The molecule has 3 heteroatoms. The number of carbonyl (C=O) groups is 1. The molecular weight excluding hydrogens is 178 g/mol. The first kappa shape index (κ1) is 7.38. The smallest absolute Gasteiger partial charge is 0.260 e. The number of hydrogen-bond donors (Lipinski definition) is 2. The van der Waals surface area contributed by atoms with Gasteiger partial charge in [-0.2, -0.15) is 0 Å². The molecular formula is C11H7NO2. The van der Waals surface area contributed by atoms with E-state index in [0.717, 1.165) is 16.5 Å². The van der Waals surface area contributed by atoms with Gasteiger partial charge in [0.2, 0.25) is 0 Å². The summed E-state index contributed by atoms with van der Waals surface area (Å²) >= 11 is 0. The number of hydrogen-bond acceptors (Lipinski definition) is 2. The Morgan fingerprint density at radius 1 is 1.14 bits per heavy atom. The maximum atomic E-state index is 11.5. The van der Waals surface area contributed by atoms with Crippen molar-refractivity contribution in [3.05, 3.63) is 35.9 Å². The fourth-order valence-corrected chi connectivity index (χ4v) is 1.89. The molecule has 0 fully saturated rings. The maximum Gasteiger partial charge on any atom is 0.260 e. The van der Waals surface area contributed by atoms with Crippen LogP contribution in [-0.2, 0) is 0 Å². The zero-order valence-electron chi connectivity index (χ0n) is 7.24. The van der Waals surface area contributed by atoms with Crippen LogP contribution in [0.2, 0.25) is 0 Å². The number of benzene rings is 2.